The normalized spacial score (nSPS) is 12.0. The number of furan rings is 1. The summed E-state index contributed by atoms with van der Waals surface area (Å²) in [5, 5.41) is 7.14. The molecule has 0 saturated carbocycles. The van der Waals surface area contributed by atoms with Crippen LogP contribution in [0.3, 0.4) is 0 Å². The van der Waals surface area contributed by atoms with Gasteiger partial charge in [-0.1, -0.05) is 62.4 Å². The standard InChI is InChI=1S/C29H23NO/c1-18(2)13-19-7-9-24-22(14-19)11-12-30-29(24)23-8-10-25-26-15-20-5-3-4-6-21(20)16-28(26)31-27(25)17-23/h3-12,14-18H,13H2,1-2H3. The lowest BCUT2D eigenvalue weighted by molar-refractivity contribution is 0.648. The van der Waals surface area contributed by atoms with Crippen LogP contribution in [-0.4, -0.2) is 4.98 Å². The number of hydrogen-bond donors (Lipinski definition) is 0. The Morgan fingerprint density at radius 3 is 2.32 bits per heavy atom. The van der Waals surface area contributed by atoms with E-state index < -0.39 is 0 Å². The summed E-state index contributed by atoms with van der Waals surface area (Å²) in [7, 11) is 0. The number of nitrogens with zero attached hydrogens (tertiary/aromatic N) is 1. The lowest BCUT2D eigenvalue weighted by atomic mass is 9.97. The van der Waals surface area contributed by atoms with Crippen molar-refractivity contribution < 1.29 is 4.42 Å². The van der Waals surface area contributed by atoms with Crippen LogP contribution >= 0.6 is 0 Å². The second kappa shape index (κ2) is 6.95. The van der Waals surface area contributed by atoms with Crippen LogP contribution in [0.4, 0.5) is 0 Å². The van der Waals surface area contributed by atoms with Crippen LogP contribution in [0.25, 0.3) is 54.7 Å². The van der Waals surface area contributed by atoms with Crippen LogP contribution < -0.4 is 0 Å². The maximum atomic E-state index is 6.27. The highest BCUT2D eigenvalue weighted by Gasteiger charge is 2.12. The Labute approximate surface area is 181 Å². The summed E-state index contributed by atoms with van der Waals surface area (Å²) in [6.45, 7) is 4.52. The number of rotatable bonds is 3. The highest BCUT2D eigenvalue weighted by Crippen LogP contribution is 2.35. The number of aromatic nitrogens is 1. The summed E-state index contributed by atoms with van der Waals surface area (Å²) in [5.41, 5.74) is 5.28. The summed E-state index contributed by atoms with van der Waals surface area (Å²) in [4.78, 5) is 4.73. The molecule has 0 amide bonds. The van der Waals surface area contributed by atoms with Gasteiger partial charge in [-0.2, -0.15) is 0 Å². The predicted molar refractivity (Wildman–Crippen MR) is 131 cm³/mol. The summed E-state index contributed by atoms with van der Waals surface area (Å²) in [6, 6.07) is 28.1. The third-order valence-corrected chi connectivity index (χ3v) is 6.09. The lowest BCUT2D eigenvalue weighted by Gasteiger charge is -2.09. The molecule has 31 heavy (non-hydrogen) atoms. The molecule has 0 bridgehead atoms. The fourth-order valence-electron chi connectivity index (χ4n) is 4.67. The molecule has 0 N–H and O–H groups in total. The first-order valence-corrected chi connectivity index (χ1v) is 10.9. The Morgan fingerprint density at radius 2 is 1.48 bits per heavy atom. The fourth-order valence-corrected chi connectivity index (χ4v) is 4.67. The number of fused-ring (bicyclic) bond motifs is 5. The SMILES string of the molecule is CC(C)Cc1ccc2c(-c3ccc4c(c3)oc3cc5ccccc5cc34)nccc2c1. The molecule has 0 unspecified atom stereocenters. The monoisotopic (exact) mass is 401 g/mol. The van der Waals surface area contributed by atoms with Crippen molar-refractivity contribution in [3.05, 3.63) is 90.6 Å². The zero-order chi connectivity index (χ0) is 20.9. The molecule has 0 aliphatic rings. The van der Waals surface area contributed by atoms with E-state index in [2.05, 4.69) is 92.7 Å². The fraction of sp³-hybridized carbons (Fsp3) is 0.138. The minimum absolute atomic E-state index is 0.644. The van der Waals surface area contributed by atoms with Crippen molar-refractivity contribution in [2.45, 2.75) is 20.3 Å². The van der Waals surface area contributed by atoms with E-state index in [-0.39, 0.29) is 0 Å². The average Bonchev–Trinajstić information content (AvgIpc) is 3.13. The Kier molecular flexibility index (Phi) is 4.07. The molecule has 0 atom stereocenters. The maximum absolute atomic E-state index is 6.27. The molecule has 0 aliphatic carbocycles. The van der Waals surface area contributed by atoms with Gasteiger partial charge in [-0.05, 0) is 64.4 Å². The first-order valence-electron chi connectivity index (χ1n) is 10.9. The molecule has 0 spiro atoms. The predicted octanol–water partition coefficient (Wildman–Crippen LogP) is 8.15. The van der Waals surface area contributed by atoms with Gasteiger partial charge in [0.1, 0.15) is 11.2 Å². The van der Waals surface area contributed by atoms with Crippen LogP contribution in [0.2, 0.25) is 0 Å². The molecule has 2 heteroatoms. The molecule has 0 fully saturated rings. The highest BCUT2D eigenvalue weighted by molar-refractivity contribution is 6.11. The van der Waals surface area contributed by atoms with E-state index >= 15 is 0 Å². The topological polar surface area (TPSA) is 26.0 Å². The zero-order valence-electron chi connectivity index (χ0n) is 17.7. The van der Waals surface area contributed by atoms with Gasteiger partial charge in [-0.15, -0.1) is 0 Å². The van der Waals surface area contributed by atoms with E-state index in [0.29, 0.717) is 5.92 Å². The second-order valence-electron chi connectivity index (χ2n) is 8.82. The number of hydrogen-bond acceptors (Lipinski definition) is 2. The summed E-state index contributed by atoms with van der Waals surface area (Å²) in [5.74, 6) is 0.644. The van der Waals surface area contributed by atoms with Gasteiger partial charge in [0.05, 0.1) is 5.69 Å². The largest absolute Gasteiger partial charge is 0.456 e. The van der Waals surface area contributed by atoms with Crippen molar-refractivity contribution in [2.75, 3.05) is 0 Å². The Bertz CT molecular complexity index is 1590. The Hall–Kier alpha value is -3.65. The summed E-state index contributed by atoms with van der Waals surface area (Å²) >= 11 is 0. The van der Waals surface area contributed by atoms with E-state index in [1.807, 2.05) is 6.20 Å². The van der Waals surface area contributed by atoms with E-state index in [0.717, 1.165) is 39.6 Å². The average molecular weight is 402 g/mol. The number of pyridine rings is 1. The first kappa shape index (κ1) is 18.1. The maximum Gasteiger partial charge on any atom is 0.136 e. The van der Waals surface area contributed by atoms with E-state index in [9.17, 15) is 0 Å². The Morgan fingerprint density at radius 1 is 0.710 bits per heavy atom. The molecule has 0 saturated heterocycles. The third-order valence-electron chi connectivity index (χ3n) is 6.09. The quantitative estimate of drug-likeness (QED) is 0.299. The minimum atomic E-state index is 0.644. The van der Waals surface area contributed by atoms with Gasteiger partial charge < -0.3 is 4.42 Å². The molecule has 6 rings (SSSR count). The zero-order valence-corrected chi connectivity index (χ0v) is 17.7. The van der Waals surface area contributed by atoms with Gasteiger partial charge in [0.25, 0.3) is 0 Å². The van der Waals surface area contributed by atoms with Crippen molar-refractivity contribution in [1.29, 1.82) is 0 Å². The van der Waals surface area contributed by atoms with Gasteiger partial charge in [0.2, 0.25) is 0 Å². The molecular weight excluding hydrogens is 378 g/mol. The van der Waals surface area contributed by atoms with Crippen molar-refractivity contribution in [2.24, 2.45) is 5.92 Å². The highest BCUT2D eigenvalue weighted by atomic mass is 16.3. The molecule has 2 aromatic heterocycles. The molecule has 150 valence electrons. The molecule has 0 radical (unpaired) electrons. The van der Waals surface area contributed by atoms with Crippen LogP contribution in [-0.2, 0) is 6.42 Å². The summed E-state index contributed by atoms with van der Waals surface area (Å²) in [6.07, 6.45) is 3.00. The first-order chi connectivity index (χ1) is 15.2. The number of benzene rings is 4. The molecule has 2 heterocycles. The Balaban J connectivity index is 1.51. The van der Waals surface area contributed by atoms with E-state index in [1.165, 1.54) is 27.1 Å². The van der Waals surface area contributed by atoms with Crippen LogP contribution in [0.1, 0.15) is 19.4 Å². The van der Waals surface area contributed by atoms with Crippen molar-refractivity contribution in [3.63, 3.8) is 0 Å². The van der Waals surface area contributed by atoms with Gasteiger partial charge in [0, 0.05) is 27.9 Å². The molecule has 6 aromatic rings. The van der Waals surface area contributed by atoms with Gasteiger partial charge in [0.15, 0.2) is 0 Å². The van der Waals surface area contributed by atoms with Crippen molar-refractivity contribution in [3.8, 4) is 11.3 Å². The van der Waals surface area contributed by atoms with Crippen LogP contribution in [0.5, 0.6) is 0 Å². The smallest absolute Gasteiger partial charge is 0.136 e. The molecular formula is C29H23NO. The molecule has 4 aromatic carbocycles. The third kappa shape index (κ3) is 3.07. The second-order valence-corrected chi connectivity index (χ2v) is 8.82. The van der Waals surface area contributed by atoms with Crippen molar-refractivity contribution >= 4 is 43.5 Å². The van der Waals surface area contributed by atoms with Gasteiger partial charge >= 0.3 is 0 Å². The summed E-state index contributed by atoms with van der Waals surface area (Å²) < 4.78 is 6.27. The molecule has 2 nitrogen and oxygen atoms in total. The van der Waals surface area contributed by atoms with Crippen LogP contribution in [0, 0.1) is 5.92 Å². The minimum Gasteiger partial charge on any atom is -0.456 e. The van der Waals surface area contributed by atoms with Crippen LogP contribution in [0.15, 0.2) is 89.5 Å². The van der Waals surface area contributed by atoms with Gasteiger partial charge in [-0.25, -0.2) is 0 Å². The van der Waals surface area contributed by atoms with Crippen molar-refractivity contribution in [1.82, 2.24) is 4.98 Å². The van der Waals surface area contributed by atoms with Gasteiger partial charge in [-0.3, -0.25) is 4.98 Å². The molecule has 0 aliphatic heterocycles. The lowest BCUT2D eigenvalue weighted by Crippen LogP contribution is -1.94. The van der Waals surface area contributed by atoms with E-state index in [1.54, 1.807) is 0 Å². The van der Waals surface area contributed by atoms with E-state index in [4.69, 9.17) is 9.40 Å².